The van der Waals surface area contributed by atoms with E-state index in [0.29, 0.717) is 31.2 Å². The number of ether oxygens (including phenoxy) is 1. The molecule has 0 bridgehead atoms. The largest absolute Gasteiger partial charge is 0.411 e. The number of aromatic nitrogens is 2. The van der Waals surface area contributed by atoms with Crippen molar-refractivity contribution in [2.24, 2.45) is 4.99 Å². The van der Waals surface area contributed by atoms with Crippen molar-refractivity contribution in [3.63, 3.8) is 0 Å². The number of hydrogen-bond acceptors (Lipinski definition) is 3. The molecule has 0 aliphatic heterocycles. The molecule has 3 rings (SSSR count). The fraction of sp³-hybridized carbons (Fsp3) is 0.304. The first-order chi connectivity index (χ1) is 15.4. The zero-order valence-electron chi connectivity index (χ0n) is 18.2. The van der Waals surface area contributed by atoms with Gasteiger partial charge in [-0.1, -0.05) is 42.5 Å². The van der Waals surface area contributed by atoms with Crippen molar-refractivity contribution in [3.05, 3.63) is 83.7 Å². The minimum absolute atomic E-state index is 0. The van der Waals surface area contributed by atoms with Crippen LogP contribution >= 0.6 is 24.0 Å². The Balaban J connectivity index is 0.00000385. The molecule has 0 unspecified atom stereocenters. The quantitative estimate of drug-likeness (QED) is 0.219. The summed E-state index contributed by atoms with van der Waals surface area (Å²) in [5.74, 6) is 0.664. The van der Waals surface area contributed by atoms with E-state index in [-0.39, 0.29) is 30.6 Å². The lowest BCUT2D eigenvalue weighted by Crippen LogP contribution is -2.36. The number of nitrogens with one attached hydrogen (secondary N) is 2. The summed E-state index contributed by atoms with van der Waals surface area (Å²) in [4.78, 5) is 4.60. The summed E-state index contributed by atoms with van der Waals surface area (Å²) in [6.07, 6.45) is -0.576. The second kappa shape index (κ2) is 13.2. The monoisotopic (exact) mass is 573 g/mol. The van der Waals surface area contributed by atoms with E-state index in [1.165, 1.54) is 0 Å². The molecule has 10 heteroatoms. The predicted molar refractivity (Wildman–Crippen MR) is 133 cm³/mol. The van der Waals surface area contributed by atoms with Crippen LogP contribution in [0.15, 0.2) is 72.0 Å². The highest BCUT2D eigenvalue weighted by Crippen LogP contribution is 2.16. The van der Waals surface area contributed by atoms with E-state index >= 15 is 0 Å². The van der Waals surface area contributed by atoms with Gasteiger partial charge in [0, 0.05) is 24.8 Å². The highest BCUT2D eigenvalue weighted by atomic mass is 127. The average molecular weight is 573 g/mol. The third-order valence-corrected chi connectivity index (χ3v) is 4.44. The van der Waals surface area contributed by atoms with Crippen LogP contribution in [-0.4, -0.2) is 35.1 Å². The second-order valence-electron chi connectivity index (χ2n) is 7.10. The lowest BCUT2D eigenvalue weighted by molar-refractivity contribution is -0.176. The fourth-order valence-electron chi connectivity index (χ4n) is 2.90. The van der Waals surface area contributed by atoms with Gasteiger partial charge in [-0.15, -0.1) is 24.0 Å². The van der Waals surface area contributed by atoms with E-state index in [0.717, 1.165) is 16.8 Å². The molecule has 0 aliphatic rings. The number of nitrogens with zero attached hydrogens (tertiary/aromatic N) is 3. The van der Waals surface area contributed by atoms with Gasteiger partial charge < -0.3 is 15.4 Å². The smallest absolute Gasteiger partial charge is 0.367 e. The molecule has 178 valence electrons. The Labute approximate surface area is 208 Å². The molecule has 0 amide bonds. The molecule has 33 heavy (non-hydrogen) atoms. The molecule has 1 heterocycles. The number of hydrogen-bond donors (Lipinski definition) is 2. The van der Waals surface area contributed by atoms with Crippen molar-refractivity contribution >= 4 is 29.9 Å². The summed E-state index contributed by atoms with van der Waals surface area (Å²) in [7, 11) is 0. The highest BCUT2D eigenvalue weighted by molar-refractivity contribution is 14.0. The first-order valence-corrected chi connectivity index (χ1v) is 10.3. The SMILES string of the molecule is CCNC(=NCc1cnn(-c2ccccc2)c1)NCc1ccc(COCC(F)(F)F)cc1.I. The fourth-order valence-corrected chi connectivity index (χ4v) is 2.90. The van der Waals surface area contributed by atoms with Gasteiger partial charge in [-0.05, 0) is 30.2 Å². The molecule has 2 aromatic carbocycles. The van der Waals surface area contributed by atoms with Gasteiger partial charge in [-0.25, -0.2) is 9.67 Å². The summed E-state index contributed by atoms with van der Waals surface area (Å²) >= 11 is 0. The molecular weight excluding hydrogens is 546 g/mol. The Hall–Kier alpha value is -2.60. The van der Waals surface area contributed by atoms with Crippen LogP contribution in [0.25, 0.3) is 5.69 Å². The summed E-state index contributed by atoms with van der Waals surface area (Å²) in [6.45, 7) is 2.37. The highest BCUT2D eigenvalue weighted by Gasteiger charge is 2.27. The summed E-state index contributed by atoms with van der Waals surface area (Å²) in [6, 6.07) is 17.1. The van der Waals surface area contributed by atoms with Crippen LogP contribution in [0.5, 0.6) is 0 Å². The number of alkyl halides is 3. The van der Waals surface area contributed by atoms with Gasteiger partial charge in [0.1, 0.15) is 6.61 Å². The maximum Gasteiger partial charge on any atom is 0.411 e. The van der Waals surface area contributed by atoms with Crippen LogP contribution in [0, 0.1) is 0 Å². The molecule has 0 radical (unpaired) electrons. The maximum atomic E-state index is 12.2. The van der Waals surface area contributed by atoms with Gasteiger partial charge in [-0.3, -0.25) is 0 Å². The normalized spacial score (nSPS) is 11.7. The Morgan fingerprint density at radius 2 is 1.70 bits per heavy atom. The minimum atomic E-state index is -4.31. The lowest BCUT2D eigenvalue weighted by atomic mass is 10.1. The number of benzene rings is 2. The van der Waals surface area contributed by atoms with Crippen molar-refractivity contribution < 1.29 is 17.9 Å². The minimum Gasteiger partial charge on any atom is -0.367 e. The number of halogens is 4. The van der Waals surface area contributed by atoms with Crippen molar-refractivity contribution in [1.82, 2.24) is 20.4 Å². The Bertz CT molecular complexity index is 991. The van der Waals surface area contributed by atoms with Crippen LogP contribution < -0.4 is 10.6 Å². The zero-order chi connectivity index (χ0) is 22.8. The van der Waals surface area contributed by atoms with Gasteiger partial charge in [0.2, 0.25) is 0 Å². The molecule has 0 atom stereocenters. The second-order valence-corrected chi connectivity index (χ2v) is 7.10. The van der Waals surface area contributed by atoms with Crippen LogP contribution in [0.2, 0.25) is 0 Å². The maximum absolute atomic E-state index is 12.2. The van der Waals surface area contributed by atoms with Crippen molar-refractivity contribution in [3.8, 4) is 5.69 Å². The van der Waals surface area contributed by atoms with Crippen molar-refractivity contribution in [2.75, 3.05) is 13.2 Å². The molecule has 2 N–H and O–H groups in total. The number of aliphatic imine (C=N–C) groups is 1. The average Bonchev–Trinajstić information content (AvgIpc) is 3.25. The van der Waals surface area contributed by atoms with E-state index < -0.39 is 12.8 Å². The number of guanidine groups is 1. The standard InChI is InChI=1S/C23H26F3N5O.HI/c1-2-27-22(29-13-20-14-30-31(15-20)21-6-4-3-5-7-21)28-12-18-8-10-19(11-9-18)16-32-17-23(24,25)26;/h3-11,14-15H,2,12-13,16-17H2,1H3,(H2,27,28,29);1H. The Morgan fingerprint density at radius 1 is 1.00 bits per heavy atom. The van der Waals surface area contributed by atoms with Crippen LogP contribution in [0.1, 0.15) is 23.6 Å². The topological polar surface area (TPSA) is 63.5 Å². The van der Waals surface area contributed by atoms with Crippen LogP contribution in [0.3, 0.4) is 0 Å². The van der Waals surface area contributed by atoms with Crippen LogP contribution in [0.4, 0.5) is 13.2 Å². The third kappa shape index (κ3) is 9.42. The van der Waals surface area contributed by atoms with Crippen molar-refractivity contribution in [2.45, 2.75) is 32.8 Å². The van der Waals surface area contributed by atoms with Gasteiger partial charge in [0.25, 0.3) is 0 Å². The van der Waals surface area contributed by atoms with Gasteiger partial charge in [0.15, 0.2) is 5.96 Å². The molecule has 0 aliphatic carbocycles. The molecule has 3 aromatic rings. The van der Waals surface area contributed by atoms with E-state index in [2.05, 4.69) is 25.5 Å². The first kappa shape index (κ1) is 26.7. The Kier molecular flexibility index (Phi) is 10.7. The van der Waals surface area contributed by atoms with E-state index in [1.54, 1.807) is 18.3 Å². The third-order valence-electron chi connectivity index (χ3n) is 4.44. The molecular formula is C23H27F3IN5O. The molecule has 0 saturated carbocycles. The van der Waals surface area contributed by atoms with Gasteiger partial charge >= 0.3 is 6.18 Å². The molecule has 6 nitrogen and oxygen atoms in total. The van der Waals surface area contributed by atoms with E-state index in [4.69, 9.17) is 0 Å². The van der Waals surface area contributed by atoms with Crippen molar-refractivity contribution in [1.29, 1.82) is 0 Å². The Morgan fingerprint density at radius 3 is 2.36 bits per heavy atom. The molecule has 0 fully saturated rings. The summed E-state index contributed by atoms with van der Waals surface area (Å²) < 4.78 is 43.0. The number of rotatable bonds is 9. The first-order valence-electron chi connectivity index (χ1n) is 10.3. The molecule has 1 aromatic heterocycles. The van der Waals surface area contributed by atoms with Gasteiger partial charge in [-0.2, -0.15) is 18.3 Å². The van der Waals surface area contributed by atoms with Crippen LogP contribution in [-0.2, 0) is 24.4 Å². The molecule has 0 spiro atoms. The van der Waals surface area contributed by atoms with E-state index in [9.17, 15) is 13.2 Å². The molecule has 0 saturated heterocycles. The van der Waals surface area contributed by atoms with E-state index in [1.807, 2.05) is 60.3 Å². The zero-order valence-corrected chi connectivity index (χ0v) is 20.5. The van der Waals surface area contributed by atoms with Gasteiger partial charge in [0.05, 0.1) is 25.0 Å². The summed E-state index contributed by atoms with van der Waals surface area (Å²) in [5, 5.41) is 10.8. The summed E-state index contributed by atoms with van der Waals surface area (Å²) in [5.41, 5.74) is 3.63. The predicted octanol–water partition coefficient (Wildman–Crippen LogP) is 4.82. The number of para-hydroxylation sites is 1. The lowest BCUT2D eigenvalue weighted by Gasteiger charge is -2.12.